The first-order valence-electron chi connectivity index (χ1n) is 7.28. The monoisotopic (exact) mass is 368 g/mol. The van der Waals surface area contributed by atoms with Crippen LogP contribution in [0.3, 0.4) is 0 Å². The Morgan fingerprint density at radius 2 is 1.68 bits per heavy atom. The third-order valence-electron chi connectivity index (χ3n) is 3.91. The summed E-state index contributed by atoms with van der Waals surface area (Å²) in [5.41, 5.74) is -0.564. The van der Waals surface area contributed by atoms with Gasteiger partial charge in [-0.2, -0.15) is 0 Å². The molecule has 3 nitrogen and oxygen atoms in total. The molecule has 0 radical (unpaired) electrons. The van der Waals surface area contributed by atoms with Gasteiger partial charge in [0.2, 0.25) is 5.79 Å². The largest absolute Gasteiger partial charge is 0.426 e. The molecule has 1 heterocycles. The Morgan fingerprint density at radius 1 is 1.12 bits per heavy atom. The summed E-state index contributed by atoms with van der Waals surface area (Å²) in [4.78, 5) is 12.1. The number of benzene rings is 2. The molecular weight excluding hydrogens is 357 g/mol. The fourth-order valence-corrected chi connectivity index (χ4v) is 2.87. The summed E-state index contributed by atoms with van der Waals surface area (Å²) in [6.07, 6.45) is -0.0124. The molecule has 25 heavy (non-hydrogen) atoms. The van der Waals surface area contributed by atoms with E-state index in [1.807, 2.05) is 0 Å². The van der Waals surface area contributed by atoms with Crippen molar-refractivity contribution in [3.63, 3.8) is 0 Å². The minimum atomic E-state index is -2.04. The van der Waals surface area contributed by atoms with Crippen LogP contribution in [-0.2, 0) is 16.0 Å². The summed E-state index contributed by atoms with van der Waals surface area (Å²) in [5.74, 6) is -6.75. The summed E-state index contributed by atoms with van der Waals surface area (Å²) < 4.78 is 46.3. The van der Waals surface area contributed by atoms with Gasteiger partial charge in [0.05, 0.1) is 11.1 Å². The van der Waals surface area contributed by atoms with Gasteiger partial charge in [-0.05, 0) is 17.7 Å². The van der Waals surface area contributed by atoms with Gasteiger partial charge < -0.3 is 9.84 Å². The van der Waals surface area contributed by atoms with Crippen LogP contribution in [0, 0.1) is 17.5 Å². The van der Waals surface area contributed by atoms with Gasteiger partial charge in [-0.15, -0.1) is 0 Å². The highest BCUT2D eigenvalue weighted by molar-refractivity contribution is 6.30. The molecule has 2 aromatic carbocycles. The Bertz CT molecular complexity index is 866. The van der Waals surface area contributed by atoms with Crippen LogP contribution in [0.15, 0.2) is 42.0 Å². The van der Waals surface area contributed by atoms with E-state index < -0.39 is 40.3 Å². The van der Waals surface area contributed by atoms with E-state index in [1.54, 1.807) is 24.3 Å². The maximum absolute atomic E-state index is 14.1. The SMILES string of the molecule is CC1(O)OC(=O)C(c2c(F)cc(F)cc2F)=C1Cc1ccc(Cl)cc1. The van der Waals surface area contributed by atoms with Crippen molar-refractivity contribution in [1.82, 2.24) is 0 Å². The lowest BCUT2D eigenvalue weighted by Crippen LogP contribution is -2.28. The van der Waals surface area contributed by atoms with Gasteiger partial charge in [0.25, 0.3) is 0 Å². The van der Waals surface area contributed by atoms with Crippen LogP contribution in [0.25, 0.3) is 5.57 Å². The predicted octanol–water partition coefficient (Wildman–Crippen LogP) is 4.02. The number of carbonyl (C=O) groups is 1. The molecule has 0 amide bonds. The van der Waals surface area contributed by atoms with Crippen molar-refractivity contribution in [2.75, 3.05) is 0 Å². The van der Waals surface area contributed by atoms with Crippen molar-refractivity contribution >= 4 is 23.1 Å². The summed E-state index contributed by atoms with van der Waals surface area (Å²) in [6.45, 7) is 1.20. The minimum Gasteiger partial charge on any atom is -0.426 e. The molecule has 7 heteroatoms. The minimum absolute atomic E-state index is 0.0124. The Labute approximate surface area is 146 Å². The summed E-state index contributed by atoms with van der Waals surface area (Å²) >= 11 is 5.81. The van der Waals surface area contributed by atoms with Gasteiger partial charge in [-0.1, -0.05) is 23.7 Å². The van der Waals surface area contributed by atoms with Crippen molar-refractivity contribution in [1.29, 1.82) is 0 Å². The molecule has 1 aliphatic heterocycles. The zero-order valence-corrected chi connectivity index (χ0v) is 13.7. The lowest BCUT2D eigenvalue weighted by Gasteiger charge is -2.20. The van der Waals surface area contributed by atoms with E-state index in [-0.39, 0.29) is 12.0 Å². The highest BCUT2D eigenvalue weighted by atomic mass is 35.5. The first-order chi connectivity index (χ1) is 11.7. The van der Waals surface area contributed by atoms with Crippen LogP contribution >= 0.6 is 11.6 Å². The average Bonchev–Trinajstić information content (AvgIpc) is 2.71. The van der Waals surface area contributed by atoms with Gasteiger partial charge >= 0.3 is 5.97 Å². The number of aliphatic hydroxyl groups is 1. The maximum atomic E-state index is 14.1. The Hall–Kier alpha value is -2.31. The number of esters is 1. The van der Waals surface area contributed by atoms with E-state index in [0.29, 0.717) is 22.7 Å². The molecule has 1 aliphatic rings. The first kappa shape index (κ1) is 17.5. The number of hydrogen-bond donors (Lipinski definition) is 1. The average molecular weight is 369 g/mol. The molecule has 0 aliphatic carbocycles. The highest BCUT2D eigenvalue weighted by Gasteiger charge is 2.44. The van der Waals surface area contributed by atoms with Crippen molar-refractivity contribution in [3.8, 4) is 0 Å². The van der Waals surface area contributed by atoms with E-state index >= 15 is 0 Å². The maximum Gasteiger partial charge on any atom is 0.341 e. The Kier molecular flexibility index (Phi) is 4.34. The molecule has 130 valence electrons. The second-order valence-corrected chi connectivity index (χ2v) is 6.21. The van der Waals surface area contributed by atoms with Crippen molar-refractivity contribution in [2.45, 2.75) is 19.1 Å². The molecule has 0 saturated carbocycles. The molecule has 0 fully saturated rings. The van der Waals surface area contributed by atoms with Crippen molar-refractivity contribution in [3.05, 3.63) is 75.6 Å². The molecule has 2 aromatic rings. The zero-order chi connectivity index (χ0) is 18.4. The number of ether oxygens (including phenoxy) is 1. The van der Waals surface area contributed by atoms with Gasteiger partial charge in [-0.25, -0.2) is 18.0 Å². The van der Waals surface area contributed by atoms with Crippen LogP contribution < -0.4 is 0 Å². The van der Waals surface area contributed by atoms with Gasteiger partial charge in [0.1, 0.15) is 17.5 Å². The van der Waals surface area contributed by atoms with Crippen LogP contribution in [0.1, 0.15) is 18.1 Å². The lowest BCUT2D eigenvalue weighted by atomic mass is 9.91. The van der Waals surface area contributed by atoms with E-state index in [9.17, 15) is 23.1 Å². The summed E-state index contributed by atoms with van der Waals surface area (Å²) in [6, 6.07) is 7.41. The third kappa shape index (κ3) is 3.27. The van der Waals surface area contributed by atoms with Gasteiger partial charge in [-0.3, -0.25) is 0 Å². The van der Waals surface area contributed by atoms with Gasteiger partial charge in [0, 0.05) is 36.1 Å². The standard InChI is InChI=1S/C18H12ClF3O3/c1-18(24)12(6-9-2-4-10(19)5-3-9)15(17(23)25-18)16-13(21)7-11(20)8-14(16)22/h2-5,7-8,24H,6H2,1H3. The van der Waals surface area contributed by atoms with Gasteiger partial charge in [0.15, 0.2) is 0 Å². The smallest absolute Gasteiger partial charge is 0.341 e. The fourth-order valence-electron chi connectivity index (χ4n) is 2.74. The molecule has 0 saturated heterocycles. The van der Waals surface area contributed by atoms with E-state index in [2.05, 4.69) is 0 Å². The van der Waals surface area contributed by atoms with Crippen LogP contribution in [0.4, 0.5) is 13.2 Å². The predicted molar refractivity (Wildman–Crippen MR) is 85.1 cm³/mol. The van der Waals surface area contributed by atoms with Crippen LogP contribution in [0.2, 0.25) is 5.02 Å². The quantitative estimate of drug-likeness (QED) is 0.832. The lowest BCUT2D eigenvalue weighted by molar-refractivity contribution is -0.174. The zero-order valence-electron chi connectivity index (χ0n) is 12.9. The molecule has 1 N–H and O–H groups in total. The third-order valence-corrected chi connectivity index (χ3v) is 4.16. The summed E-state index contributed by atoms with van der Waals surface area (Å²) in [5, 5.41) is 10.8. The normalized spacial score (nSPS) is 20.2. The number of halogens is 4. The first-order valence-corrected chi connectivity index (χ1v) is 7.65. The summed E-state index contributed by atoms with van der Waals surface area (Å²) in [7, 11) is 0. The van der Waals surface area contributed by atoms with Crippen LogP contribution in [-0.4, -0.2) is 16.9 Å². The Morgan fingerprint density at radius 3 is 2.24 bits per heavy atom. The van der Waals surface area contributed by atoms with Crippen molar-refractivity contribution < 1.29 is 27.8 Å². The molecule has 0 bridgehead atoms. The fraction of sp³-hybridized carbons (Fsp3) is 0.167. The molecule has 1 unspecified atom stereocenters. The number of carbonyl (C=O) groups excluding carboxylic acids is 1. The van der Waals surface area contributed by atoms with E-state index in [4.69, 9.17) is 16.3 Å². The second-order valence-electron chi connectivity index (χ2n) is 5.77. The molecule has 0 spiro atoms. The van der Waals surface area contributed by atoms with Crippen molar-refractivity contribution in [2.24, 2.45) is 0 Å². The Balaban J connectivity index is 2.18. The number of cyclic esters (lactones) is 1. The number of hydrogen-bond acceptors (Lipinski definition) is 3. The topological polar surface area (TPSA) is 46.5 Å². The molecular formula is C18H12ClF3O3. The molecule has 1 atom stereocenters. The highest BCUT2D eigenvalue weighted by Crippen LogP contribution is 2.40. The second kappa shape index (κ2) is 6.20. The van der Waals surface area contributed by atoms with E-state index in [1.165, 1.54) is 6.92 Å². The van der Waals surface area contributed by atoms with E-state index in [0.717, 1.165) is 0 Å². The molecule has 3 rings (SSSR count). The molecule has 0 aromatic heterocycles. The van der Waals surface area contributed by atoms with Crippen LogP contribution in [0.5, 0.6) is 0 Å². The number of rotatable bonds is 3.